The maximum Gasteiger partial charge on any atom is 0.416 e. The summed E-state index contributed by atoms with van der Waals surface area (Å²) in [6.07, 6.45) is -0.906. The Kier molecular flexibility index (Phi) is 3.39. The number of rotatable bonds is 2. The Balaban J connectivity index is 1.88. The molecule has 1 aliphatic rings. The third-order valence-electron chi connectivity index (χ3n) is 4.27. The highest BCUT2D eigenvalue weighted by Crippen LogP contribution is 2.40. The molecule has 1 saturated carbocycles. The van der Waals surface area contributed by atoms with Crippen molar-refractivity contribution in [3.63, 3.8) is 0 Å². The zero-order chi connectivity index (χ0) is 15.3. The minimum atomic E-state index is -4.32. The molecule has 1 atom stereocenters. The molecule has 0 spiro atoms. The number of benzene rings is 1. The second-order valence-electron chi connectivity index (χ2n) is 6.28. The van der Waals surface area contributed by atoms with E-state index in [9.17, 15) is 13.2 Å². The fourth-order valence-electron chi connectivity index (χ4n) is 2.91. The van der Waals surface area contributed by atoms with Gasteiger partial charge in [0, 0.05) is 6.04 Å². The van der Waals surface area contributed by atoms with Gasteiger partial charge in [0.1, 0.15) is 0 Å². The molecule has 0 radical (unpaired) electrons. The van der Waals surface area contributed by atoms with Crippen LogP contribution in [0.2, 0.25) is 0 Å². The van der Waals surface area contributed by atoms with Crippen LogP contribution in [0, 0.1) is 5.41 Å². The van der Waals surface area contributed by atoms with Crippen LogP contribution < -0.4 is 5.32 Å². The second kappa shape index (κ2) is 4.87. The lowest BCUT2D eigenvalue weighted by Gasteiger charge is -2.27. The van der Waals surface area contributed by atoms with E-state index < -0.39 is 11.7 Å². The fourth-order valence-corrected chi connectivity index (χ4v) is 3.81. The topological polar surface area (TPSA) is 24.9 Å². The van der Waals surface area contributed by atoms with Crippen molar-refractivity contribution in [3.8, 4) is 0 Å². The number of hydrogen-bond donors (Lipinski definition) is 1. The smallest absolute Gasteiger partial charge is 0.358 e. The van der Waals surface area contributed by atoms with Gasteiger partial charge in [-0.05, 0) is 36.5 Å². The van der Waals surface area contributed by atoms with Gasteiger partial charge in [0.25, 0.3) is 0 Å². The molecule has 1 heterocycles. The summed E-state index contributed by atoms with van der Waals surface area (Å²) in [5.74, 6) is 0. The van der Waals surface area contributed by atoms with Crippen molar-refractivity contribution in [1.82, 2.24) is 4.98 Å². The lowest BCUT2D eigenvalue weighted by molar-refractivity contribution is -0.137. The number of nitrogens with one attached hydrogen (secondary N) is 1. The minimum absolute atomic E-state index is 0.203. The van der Waals surface area contributed by atoms with Gasteiger partial charge in [0.15, 0.2) is 5.13 Å². The zero-order valence-electron chi connectivity index (χ0n) is 11.9. The zero-order valence-corrected chi connectivity index (χ0v) is 12.7. The molecule has 114 valence electrons. The number of halogens is 3. The number of fused-ring (bicyclic) bond motifs is 1. The molecule has 3 rings (SSSR count). The van der Waals surface area contributed by atoms with E-state index in [0.717, 1.165) is 29.7 Å². The Morgan fingerprint density at radius 2 is 2.10 bits per heavy atom. The number of aromatic nitrogens is 1. The quantitative estimate of drug-likeness (QED) is 0.813. The Morgan fingerprint density at radius 3 is 2.71 bits per heavy atom. The molecule has 1 aromatic carbocycles. The minimum Gasteiger partial charge on any atom is -0.358 e. The van der Waals surface area contributed by atoms with E-state index in [4.69, 9.17) is 0 Å². The summed E-state index contributed by atoms with van der Waals surface area (Å²) in [6.45, 7) is 4.43. The molecular formula is C15H17F3N2S. The molecule has 0 saturated heterocycles. The number of nitrogens with zero attached hydrogens (tertiary/aromatic N) is 1. The van der Waals surface area contributed by atoms with Crippen LogP contribution in [0.1, 0.15) is 38.7 Å². The number of thiazole rings is 1. The van der Waals surface area contributed by atoms with Crippen LogP contribution >= 0.6 is 11.3 Å². The first-order chi connectivity index (χ1) is 9.75. The Labute approximate surface area is 125 Å². The molecule has 0 aliphatic heterocycles. The van der Waals surface area contributed by atoms with Crippen molar-refractivity contribution >= 4 is 26.7 Å². The lowest BCUT2D eigenvalue weighted by atomic mass is 9.87. The van der Waals surface area contributed by atoms with E-state index in [1.807, 2.05) is 0 Å². The van der Waals surface area contributed by atoms with Crippen LogP contribution in [-0.4, -0.2) is 11.0 Å². The van der Waals surface area contributed by atoms with E-state index >= 15 is 0 Å². The summed E-state index contributed by atoms with van der Waals surface area (Å²) in [5.41, 5.74) is -0.0317. The summed E-state index contributed by atoms with van der Waals surface area (Å²) in [6, 6.07) is 4.07. The van der Waals surface area contributed by atoms with Crippen LogP contribution in [0.4, 0.5) is 18.3 Å². The van der Waals surface area contributed by atoms with E-state index in [1.54, 1.807) is 0 Å². The van der Waals surface area contributed by atoms with Crippen molar-refractivity contribution in [2.45, 2.75) is 45.3 Å². The normalized spacial score (nSPS) is 21.9. The van der Waals surface area contributed by atoms with E-state index in [2.05, 4.69) is 24.1 Å². The van der Waals surface area contributed by atoms with E-state index in [-0.39, 0.29) is 5.41 Å². The molecule has 21 heavy (non-hydrogen) atoms. The highest BCUT2D eigenvalue weighted by atomic mass is 32.1. The standard InChI is InChI=1S/C15H17F3N2S/c1-14(2)7-3-4-12(14)20-13-19-10-8-9(15(16,17)18)5-6-11(10)21-13/h5-6,8,12H,3-4,7H2,1-2H3,(H,19,20). The van der Waals surface area contributed by atoms with Crippen LogP contribution in [0.3, 0.4) is 0 Å². The fraction of sp³-hybridized carbons (Fsp3) is 0.533. The number of hydrogen-bond acceptors (Lipinski definition) is 3. The van der Waals surface area contributed by atoms with Gasteiger partial charge < -0.3 is 5.32 Å². The monoisotopic (exact) mass is 314 g/mol. The average Bonchev–Trinajstić information content (AvgIpc) is 2.91. The SMILES string of the molecule is CC1(C)CCCC1Nc1nc2cc(C(F)(F)F)ccc2s1. The molecule has 1 unspecified atom stereocenters. The summed E-state index contributed by atoms with van der Waals surface area (Å²) < 4.78 is 38.9. The summed E-state index contributed by atoms with van der Waals surface area (Å²) >= 11 is 1.41. The third kappa shape index (κ3) is 2.86. The molecule has 2 aromatic rings. The second-order valence-corrected chi connectivity index (χ2v) is 7.31. The largest absolute Gasteiger partial charge is 0.416 e. The molecule has 6 heteroatoms. The summed E-state index contributed by atoms with van der Waals surface area (Å²) in [7, 11) is 0. The van der Waals surface area contributed by atoms with Crippen molar-refractivity contribution in [2.24, 2.45) is 5.41 Å². The van der Waals surface area contributed by atoms with Gasteiger partial charge in [0.05, 0.1) is 15.8 Å². The first kappa shape index (κ1) is 14.6. The average molecular weight is 314 g/mol. The van der Waals surface area contributed by atoms with Gasteiger partial charge >= 0.3 is 6.18 Å². The molecule has 1 aliphatic carbocycles. The Bertz CT molecular complexity index is 660. The van der Waals surface area contributed by atoms with Crippen LogP contribution in [0.15, 0.2) is 18.2 Å². The van der Waals surface area contributed by atoms with Crippen LogP contribution in [-0.2, 0) is 6.18 Å². The summed E-state index contributed by atoms with van der Waals surface area (Å²) in [4.78, 5) is 4.32. The van der Waals surface area contributed by atoms with Crippen molar-refractivity contribution in [2.75, 3.05) is 5.32 Å². The van der Waals surface area contributed by atoms with Gasteiger partial charge in [-0.3, -0.25) is 0 Å². The molecule has 2 nitrogen and oxygen atoms in total. The van der Waals surface area contributed by atoms with Crippen LogP contribution in [0.5, 0.6) is 0 Å². The van der Waals surface area contributed by atoms with Crippen molar-refractivity contribution in [1.29, 1.82) is 0 Å². The maximum absolute atomic E-state index is 12.7. The molecule has 1 N–H and O–H groups in total. The highest BCUT2D eigenvalue weighted by Gasteiger charge is 2.35. The van der Waals surface area contributed by atoms with Crippen molar-refractivity contribution in [3.05, 3.63) is 23.8 Å². The number of anilines is 1. The van der Waals surface area contributed by atoms with E-state index in [1.165, 1.54) is 23.8 Å². The Hall–Kier alpha value is -1.30. The number of alkyl halides is 3. The first-order valence-electron chi connectivity index (χ1n) is 7.00. The first-order valence-corrected chi connectivity index (χ1v) is 7.82. The lowest BCUT2D eigenvalue weighted by Crippen LogP contribution is -2.30. The van der Waals surface area contributed by atoms with Gasteiger partial charge in [-0.2, -0.15) is 13.2 Å². The predicted molar refractivity (Wildman–Crippen MR) is 79.7 cm³/mol. The Morgan fingerprint density at radius 1 is 1.33 bits per heavy atom. The van der Waals surface area contributed by atoms with Gasteiger partial charge in [0.2, 0.25) is 0 Å². The predicted octanol–water partition coefficient (Wildman–Crippen LogP) is 5.31. The third-order valence-corrected chi connectivity index (χ3v) is 5.24. The molecule has 0 amide bonds. The molecule has 1 aromatic heterocycles. The van der Waals surface area contributed by atoms with Gasteiger partial charge in [-0.15, -0.1) is 0 Å². The molecular weight excluding hydrogens is 297 g/mol. The van der Waals surface area contributed by atoms with Crippen LogP contribution in [0.25, 0.3) is 10.2 Å². The molecule has 0 bridgehead atoms. The highest BCUT2D eigenvalue weighted by molar-refractivity contribution is 7.22. The maximum atomic E-state index is 12.7. The summed E-state index contributed by atoms with van der Waals surface area (Å²) in [5, 5.41) is 4.12. The van der Waals surface area contributed by atoms with Gasteiger partial charge in [-0.1, -0.05) is 31.6 Å². The van der Waals surface area contributed by atoms with Gasteiger partial charge in [-0.25, -0.2) is 4.98 Å². The van der Waals surface area contributed by atoms with E-state index in [0.29, 0.717) is 16.7 Å². The van der Waals surface area contributed by atoms with Crippen molar-refractivity contribution < 1.29 is 13.2 Å². The molecule has 1 fully saturated rings.